The summed E-state index contributed by atoms with van der Waals surface area (Å²) in [7, 11) is 0. The highest BCUT2D eigenvalue weighted by Crippen LogP contribution is 2.22. The van der Waals surface area contributed by atoms with Crippen molar-refractivity contribution >= 4 is 27.3 Å². The summed E-state index contributed by atoms with van der Waals surface area (Å²) in [4.78, 5) is 5.82. The van der Waals surface area contributed by atoms with Crippen molar-refractivity contribution in [1.29, 1.82) is 0 Å². The van der Waals surface area contributed by atoms with E-state index in [2.05, 4.69) is 39.9 Å². The lowest BCUT2D eigenvalue weighted by Gasteiger charge is -2.00. The molecule has 0 aliphatic carbocycles. The Morgan fingerprint density at radius 2 is 1.88 bits per heavy atom. The molecule has 5 heteroatoms. The summed E-state index contributed by atoms with van der Waals surface area (Å²) >= 11 is 5.28. The van der Waals surface area contributed by atoms with Crippen LogP contribution in [0.4, 0.5) is 0 Å². The van der Waals surface area contributed by atoms with E-state index >= 15 is 0 Å². The molecular weight excluding hydrogens is 286 g/mol. The molecule has 0 saturated heterocycles. The number of hydrogen-bond donors (Lipinski definition) is 0. The van der Waals surface area contributed by atoms with E-state index in [0.29, 0.717) is 0 Å². The molecule has 0 N–H and O–H groups in total. The van der Waals surface area contributed by atoms with Gasteiger partial charge in [-0.2, -0.15) is 5.10 Å². The maximum Gasteiger partial charge on any atom is 0.115 e. The molecular formula is C11H14BrN3S. The first-order valence-electron chi connectivity index (χ1n) is 5.11. The number of hydrogen-bond acceptors (Lipinski definition) is 3. The second-order valence-corrected chi connectivity index (χ2v) is 5.97. The van der Waals surface area contributed by atoms with Crippen LogP contribution in [0.15, 0.2) is 4.47 Å². The first-order chi connectivity index (χ1) is 7.49. The summed E-state index contributed by atoms with van der Waals surface area (Å²) in [5, 5.41) is 5.60. The summed E-state index contributed by atoms with van der Waals surface area (Å²) in [6.07, 6.45) is 0. The molecule has 0 radical (unpaired) electrons. The van der Waals surface area contributed by atoms with Crippen LogP contribution in [0.1, 0.15) is 27.0 Å². The average molecular weight is 300 g/mol. The monoisotopic (exact) mass is 299 g/mol. The van der Waals surface area contributed by atoms with Gasteiger partial charge >= 0.3 is 0 Å². The summed E-state index contributed by atoms with van der Waals surface area (Å²) in [6, 6.07) is 0. The molecule has 3 nitrogen and oxygen atoms in total. The first kappa shape index (κ1) is 11.8. The van der Waals surface area contributed by atoms with Gasteiger partial charge in [-0.3, -0.25) is 4.68 Å². The Kier molecular flexibility index (Phi) is 3.17. The Morgan fingerprint density at radius 1 is 1.19 bits per heavy atom. The van der Waals surface area contributed by atoms with Gasteiger partial charge in [0.2, 0.25) is 0 Å². The van der Waals surface area contributed by atoms with Crippen molar-refractivity contribution in [2.45, 2.75) is 34.2 Å². The molecule has 86 valence electrons. The first-order valence-corrected chi connectivity index (χ1v) is 6.72. The molecule has 0 atom stereocenters. The number of thiazole rings is 1. The number of halogens is 1. The third-order valence-electron chi connectivity index (χ3n) is 2.65. The molecule has 0 spiro atoms. The zero-order chi connectivity index (χ0) is 11.9. The van der Waals surface area contributed by atoms with Gasteiger partial charge in [-0.1, -0.05) is 0 Å². The lowest BCUT2D eigenvalue weighted by molar-refractivity contribution is 0.655. The van der Waals surface area contributed by atoms with Crippen molar-refractivity contribution in [3.05, 3.63) is 31.4 Å². The van der Waals surface area contributed by atoms with Crippen LogP contribution in [0.2, 0.25) is 0 Å². The van der Waals surface area contributed by atoms with Crippen molar-refractivity contribution in [3.8, 4) is 0 Å². The molecule has 0 aliphatic rings. The van der Waals surface area contributed by atoms with Crippen molar-refractivity contribution < 1.29 is 0 Å². The van der Waals surface area contributed by atoms with Crippen LogP contribution in [0.25, 0.3) is 0 Å². The lowest BCUT2D eigenvalue weighted by atomic mass is 10.4. The Hall–Kier alpha value is -0.680. The van der Waals surface area contributed by atoms with Crippen molar-refractivity contribution in [1.82, 2.24) is 14.8 Å². The number of aromatic nitrogens is 3. The third kappa shape index (κ3) is 2.06. The maximum atomic E-state index is 4.53. The molecule has 0 bridgehead atoms. The molecule has 2 rings (SSSR count). The fourth-order valence-electron chi connectivity index (χ4n) is 1.56. The SMILES string of the molecule is Cc1nc(Cn2nc(C)c(Br)c2C)sc1C. The smallest absolute Gasteiger partial charge is 0.115 e. The van der Waals surface area contributed by atoms with Gasteiger partial charge in [0, 0.05) is 4.88 Å². The van der Waals surface area contributed by atoms with Gasteiger partial charge in [-0.25, -0.2) is 4.98 Å². The van der Waals surface area contributed by atoms with Crippen LogP contribution in [-0.2, 0) is 6.54 Å². The van der Waals surface area contributed by atoms with Gasteiger partial charge in [0.1, 0.15) is 5.01 Å². The minimum Gasteiger partial charge on any atom is -0.262 e. The topological polar surface area (TPSA) is 30.7 Å². The normalized spacial score (nSPS) is 11.1. The van der Waals surface area contributed by atoms with E-state index in [9.17, 15) is 0 Å². The van der Waals surface area contributed by atoms with Crippen LogP contribution in [-0.4, -0.2) is 14.8 Å². The predicted molar refractivity (Wildman–Crippen MR) is 70.1 cm³/mol. The molecule has 0 fully saturated rings. The van der Waals surface area contributed by atoms with E-state index in [1.165, 1.54) is 4.88 Å². The van der Waals surface area contributed by atoms with E-state index in [1.807, 2.05) is 18.5 Å². The number of rotatable bonds is 2. The highest BCUT2D eigenvalue weighted by molar-refractivity contribution is 9.10. The standard InChI is InChI=1S/C11H14BrN3S/c1-6-9(4)16-10(13-6)5-15-8(3)11(12)7(2)14-15/h5H2,1-4H3. The Bertz CT molecular complexity index is 508. The lowest BCUT2D eigenvalue weighted by Crippen LogP contribution is -2.03. The Labute approximate surface area is 108 Å². The van der Waals surface area contributed by atoms with E-state index in [1.54, 1.807) is 11.3 Å². The Morgan fingerprint density at radius 3 is 2.31 bits per heavy atom. The quantitative estimate of drug-likeness (QED) is 0.851. The van der Waals surface area contributed by atoms with Gasteiger partial charge in [0.05, 0.1) is 28.1 Å². The second-order valence-electron chi connectivity index (χ2n) is 3.89. The van der Waals surface area contributed by atoms with E-state index in [4.69, 9.17) is 0 Å². The molecule has 2 heterocycles. The highest BCUT2D eigenvalue weighted by atomic mass is 79.9. The van der Waals surface area contributed by atoms with Crippen LogP contribution in [0, 0.1) is 27.7 Å². The second kappa shape index (κ2) is 4.30. The Balaban J connectivity index is 2.30. The van der Waals surface area contributed by atoms with Gasteiger partial charge in [0.25, 0.3) is 0 Å². The minimum atomic E-state index is 0.762. The zero-order valence-electron chi connectivity index (χ0n) is 9.83. The molecule has 0 aliphatic heterocycles. The summed E-state index contributed by atoms with van der Waals surface area (Å²) in [5.74, 6) is 0. The maximum absolute atomic E-state index is 4.53. The molecule has 0 amide bonds. The molecule has 16 heavy (non-hydrogen) atoms. The molecule has 0 unspecified atom stereocenters. The van der Waals surface area contributed by atoms with Gasteiger partial charge in [0.15, 0.2) is 0 Å². The summed E-state index contributed by atoms with van der Waals surface area (Å²) < 4.78 is 3.09. The number of aryl methyl sites for hydroxylation is 3. The van der Waals surface area contributed by atoms with E-state index in [0.717, 1.165) is 33.1 Å². The molecule has 2 aromatic heterocycles. The average Bonchev–Trinajstić information content (AvgIpc) is 2.64. The van der Waals surface area contributed by atoms with Crippen LogP contribution in [0.3, 0.4) is 0 Å². The highest BCUT2D eigenvalue weighted by Gasteiger charge is 2.11. The molecule has 2 aromatic rings. The largest absolute Gasteiger partial charge is 0.262 e. The van der Waals surface area contributed by atoms with Gasteiger partial charge in [-0.15, -0.1) is 11.3 Å². The molecule has 0 aromatic carbocycles. The summed E-state index contributed by atoms with van der Waals surface area (Å²) in [5.41, 5.74) is 3.31. The third-order valence-corrected chi connectivity index (χ3v) is 4.86. The predicted octanol–water partition coefficient (Wildman–Crippen LogP) is 3.38. The van der Waals surface area contributed by atoms with Crippen LogP contribution < -0.4 is 0 Å². The molecule has 0 saturated carbocycles. The van der Waals surface area contributed by atoms with Crippen molar-refractivity contribution in [2.24, 2.45) is 0 Å². The minimum absolute atomic E-state index is 0.762. The zero-order valence-corrected chi connectivity index (χ0v) is 12.2. The summed E-state index contributed by atoms with van der Waals surface area (Å²) in [6.45, 7) is 8.99. The van der Waals surface area contributed by atoms with Gasteiger partial charge in [-0.05, 0) is 43.6 Å². The van der Waals surface area contributed by atoms with Crippen molar-refractivity contribution in [2.75, 3.05) is 0 Å². The fourth-order valence-corrected chi connectivity index (χ4v) is 2.76. The van der Waals surface area contributed by atoms with Crippen LogP contribution >= 0.6 is 27.3 Å². The van der Waals surface area contributed by atoms with Crippen LogP contribution in [0.5, 0.6) is 0 Å². The fraction of sp³-hybridized carbons (Fsp3) is 0.455. The van der Waals surface area contributed by atoms with Gasteiger partial charge < -0.3 is 0 Å². The van der Waals surface area contributed by atoms with E-state index in [-0.39, 0.29) is 0 Å². The van der Waals surface area contributed by atoms with Crippen molar-refractivity contribution in [3.63, 3.8) is 0 Å². The number of nitrogens with zero attached hydrogens (tertiary/aromatic N) is 3. The van der Waals surface area contributed by atoms with E-state index < -0.39 is 0 Å².